The first-order valence-corrected chi connectivity index (χ1v) is 12.6. The van der Waals surface area contributed by atoms with E-state index in [0.717, 1.165) is 42.0 Å². The zero-order valence-electron chi connectivity index (χ0n) is 20.7. The molecular weight excluding hydrogens is 434 g/mol. The standard InChI is InChI=1S/C30H35N3O2/c1-23(2)25-13-6-9-16-28(25)35-22-10-21-33-27-15-8-7-14-26(27)32-29(33)19-20-31-30(34)18-17-24-11-4-3-5-12-24/h3-9,11-16,23H,10,17-22H2,1-2H3,(H,31,34). The van der Waals surface area contributed by atoms with Gasteiger partial charge in [-0.25, -0.2) is 4.98 Å². The Morgan fingerprint density at radius 2 is 1.69 bits per heavy atom. The Morgan fingerprint density at radius 3 is 2.51 bits per heavy atom. The molecule has 5 nitrogen and oxygen atoms in total. The molecule has 0 atom stereocenters. The number of amides is 1. The van der Waals surface area contributed by atoms with Crippen LogP contribution in [0.3, 0.4) is 0 Å². The summed E-state index contributed by atoms with van der Waals surface area (Å²) in [6, 6.07) is 26.6. The normalized spacial score (nSPS) is 11.2. The Kier molecular flexibility index (Phi) is 8.55. The second-order valence-corrected chi connectivity index (χ2v) is 9.15. The zero-order valence-corrected chi connectivity index (χ0v) is 20.7. The summed E-state index contributed by atoms with van der Waals surface area (Å²) in [4.78, 5) is 17.2. The number of benzene rings is 3. The van der Waals surface area contributed by atoms with E-state index < -0.39 is 0 Å². The van der Waals surface area contributed by atoms with E-state index >= 15 is 0 Å². The molecule has 0 spiro atoms. The van der Waals surface area contributed by atoms with Crippen molar-refractivity contribution in [1.82, 2.24) is 14.9 Å². The summed E-state index contributed by atoms with van der Waals surface area (Å²) in [5, 5.41) is 3.06. The van der Waals surface area contributed by atoms with Crippen LogP contribution in [0.5, 0.6) is 5.75 Å². The summed E-state index contributed by atoms with van der Waals surface area (Å²) in [5.74, 6) is 2.47. The molecule has 1 amide bonds. The van der Waals surface area contributed by atoms with Gasteiger partial charge < -0.3 is 14.6 Å². The molecular formula is C30H35N3O2. The average Bonchev–Trinajstić information content (AvgIpc) is 3.23. The van der Waals surface area contributed by atoms with E-state index in [1.54, 1.807) is 0 Å². The molecule has 0 radical (unpaired) electrons. The molecule has 0 saturated heterocycles. The van der Waals surface area contributed by atoms with Crippen molar-refractivity contribution in [1.29, 1.82) is 0 Å². The summed E-state index contributed by atoms with van der Waals surface area (Å²) < 4.78 is 8.40. The van der Waals surface area contributed by atoms with Crippen LogP contribution in [0.15, 0.2) is 78.9 Å². The second-order valence-electron chi connectivity index (χ2n) is 9.15. The van der Waals surface area contributed by atoms with E-state index in [1.807, 2.05) is 48.5 Å². The van der Waals surface area contributed by atoms with E-state index in [-0.39, 0.29) is 5.91 Å². The third kappa shape index (κ3) is 6.72. The number of nitrogens with zero attached hydrogens (tertiary/aromatic N) is 2. The van der Waals surface area contributed by atoms with Crippen molar-refractivity contribution in [3.05, 3.63) is 95.8 Å². The van der Waals surface area contributed by atoms with Gasteiger partial charge in [0.1, 0.15) is 11.6 Å². The summed E-state index contributed by atoms with van der Waals surface area (Å²) in [7, 11) is 0. The van der Waals surface area contributed by atoms with Crippen molar-refractivity contribution in [2.24, 2.45) is 0 Å². The first-order chi connectivity index (χ1) is 17.1. The SMILES string of the molecule is CC(C)c1ccccc1OCCCn1c(CCNC(=O)CCc2ccccc2)nc2ccccc21. The summed E-state index contributed by atoms with van der Waals surface area (Å²) in [5.41, 5.74) is 4.54. The molecule has 0 aliphatic rings. The molecule has 0 fully saturated rings. The van der Waals surface area contributed by atoms with Crippen LogP contribution in [-0.2, 0) is 24.2 Å². The minimum absolute atomic E-state index is 0.0775. The molecule has 182 valence electrons. The van der Waals surface area contributed by atoms with E-state index in [1.165, 1.54) is 11.1 Å². The lowest BCUT2D eigenvalue weighted by molar-refractivity contribution is -0.121. The Hall–Kier alpha value is -3.60. The van der Waals surface area contributed by atoms with Crippen molar-refractivity contribution in [3.63, 3.8) is 0 Å². The van der Waals surface area contributed by atoms with E-state index in [9.17, 15) is 4.79 Å². The zero-order chi connectivity index (χ0) is 24.5. The monoisotopic (exact) mass is 469 g/mol. The molecule has 4 aromatic rings. The molecule has 0 saturated carbocycles. The van der Waals surface area contributed by atoms with Gasteiger partial charge in [-0.1, -0.05) is 74.5 Å². The highest BCUT2D eigenvalue weighted by molar-refractivity contribution is 5.77. The van der Waals surface area contributed by atoms with Gasteiger partial charge in [-0.15, -0.1) is 0 Å². The molecule has 0 aliphatic carbocycles. The smallest absolute Gasteiger partial charge is 0.220 e. The van der Waals surface area contributed by atoms with Crippen molar-refractivity contribution in [2.75, 3.05) is 13.2 Å². The number of ether oxygens (including phenoxy) is 1. The molecule has 3 aromatic carbocycles. The van der Waals surface area contributed by atoms with Crippen LogP contribution in [-0.4, -0.2) is 28.6 Å². The number of fused-ring (bicyclic) bond motifs is 1. The molecule has 1 N–H and O–H groups in total. The first-order valence-electron chi connectivity index (χ1n) is 12.6. The number of hydrogen-bond acceptors (Lipinski definition) is 3. The lowest BCUT2D eigenvalue weighted by Crippen LogP contribution is -2.26. The Balaban J connectivity index is 1.32. The summed E-state index contributed by atoms with van der Waals surface area (Å²) in [6.45, 7) is 6.42. The van der Waals surface area contributed by atoms with Crippen LogP contribution < -0.4 is 10.1 Å². The maximum Gasteiger partial charge on any atom is 0.220 e. The average molecular weight is 470 g/mol. The Bertz CT molecular complexity index is 1230. The number of hydrogen-bond donors (Lipinski definition) is 1. The lowest BCUT2D eigenvalue weighted by Gasteiger charge is -2.14. The van der Waals surface area contributed by atoms with Crippen LogP contribution in [0, 0.1) is 0 Å². The second kappa shape index (κ2) is 12.2. The molecule has 1 aromatic heterocycles. The van der Waals surface area contributed by atoms with Gasteiger partial charge in [-0.05, 0) is 48.1 Å². The van der Waals surface area contributed by atoms with Crippen molar-refractivity contribution >= 4 is 16.9 Å². The van der Waals surface area contributed by atoms with Gasteiger partial charge >= 0.3 is 0 Å². The number of carbonyl (C=O) groups is 1. The number of nitrogens with one attached hydrogen (secondary N) is 1. The molecule has 4 rings (SSSR count). The fraction of sp³-hybridized carbons (Fsp3) is 0.333. The quantitative estimate of drug-likeness (QED) is 0.262. The molecule has 0 bridgehead atoms. The highest BCUT2D eigenvalue weighted by Crippen LogP contribution is 2.26. The highest BCUT2D eigenvalue weighted by atomic mass is 16.5. The van der Waals surface area contributed by atoms with Crippen molar-refractivity contribution in [3.8, 4) is 5.75 Å². The van der Waals surface area contributed by atoms with Crippen molar-refractivity contribution < 1.29 is 9.53 Å². The summed E-state index contributed by atoms with van der Waals surface area (Å²) in [6.07, 6.45) is 2.83. The molecule has 1 heterocycles. The Labute approximate surface area is 208 Å². The van der Waals surface area contributed by atoms with Gasteiger partial charge in [0.15, 0.2) is 0 Å². The molecule has 35 heavy (non-hydrogen) atoms. The predicted octanol–water partition coefficient (Wildman–Crippen LogP) is 5.92. The van der Waals surface area contributed by atoms with Gasteiger partial charge in [0.25, 0.3) is 0 Å². The number of aryl methyl sites for hydroxylation is 2. The summed E-state index contributed by atoms with van der Waals surface area (Å²) >= 11 is 0. The third-order valence-electron chi connectivity index (χ3n) is 6.21. The van der Waals surface area contributed by atoms with E-state index in [4.69, 9.17) is 9.72 Å². The minimum Gasteiger partial charge on any atom is -0.493 e. The van der Waals surface area contributed by atoms with Gasteiger partial charge in [0.05, 0.1) is 17.6 Å². The molecule has 0 aliphatic heterocycles. The van der Waals surface area contributed by atoms with Crippen LogP contribution in [0.1, 0.15) is 49.6 Å². The third-order valence-corrected chi connectivity index (χ3v) is 6.21. The maximum atomic E-state index is 12.3. The fourth-order valence-corrected chi connectivity index (χ4v) is 4.36. The highest BCUT2D eigenvalue weighted by Gasteiger charge is 2.12. The number of aromatic nitrogens is 2. The fourth-order valence-electron chi connectivity index (χ4n) is 4.36. The van der Waals surface area contributed by atoms with Gasteiger partial charge in [0.2, 0.25) is 5.91 Å². The first kappa shape index (κ1) is 24.5. The van der Waals surface area contributed by atoms with Gasteiger partial charge in [0, 0.05) is 25.9 Å². The van der Waals surface area contributed by atoms with E-state index in [0.29, 0.717) is 31.9 Å². The Morgan fingerprint density at radius 1 is 0.943 bits per heavy atom. The largest absolute Gasteiger partial charge is 0.493 e. The van der Waals surface area contributed by atoms with Crippen LogP contribution in [0.25, 0.3) is 11.0 Å². The van der Waals surface area contributed by atoms with Gasteiger partial charge in [-0.3, -0.25) is 4.79 Å². The number of imidazole rings is 1. The maximum absolute atomic E-state index is 12.3. The van der Waals surface area contributed by atoms with E-state index in [2.05, 4.69) is 54.1 Å². The minimum atomic E-state index is 0.0775. The van der Waals surface area contributed by atoms with Crippen molar-refractivity contribution in [2.45, 2.75) is 52.0 Å². The predicted molar refractivity (Wildman–Crippen MR) is 142 cm³/mol. The number of para-hydroxylation sites is 3. The molecule has 5 heteroatoms. The van der Waals surface area contributed by atoms with Crippen LogP contribution >= 0.6 is 0 Å². The molecule has 0 unspecified atom stereocenters. The number of carbonyl (C=O) groups excluding carboxylic acids is 1. The van der Waals surface area contributed by atoms with Crippen LogP contribution in [0.2, 0.25) is 0 Å². The van der Waals surface area contributed by atoms with Crippen LogP contribution in [0.4, 0.5) is 0 Å². The lowest BCUT2D eigenvalue weighted by atomic mass is 10.0. The van der Waals surface area contributed by atoms with Gasteiger partial charge in [-0.2, -0.15) is 0 Å². The number of rotatable bonds is 12. The topological polar surface area (TPSA) is 56.1 Å².